The zero-order valence-electron chi connectivity index (χ0n) is 12.6. The van der Waals surface area contributed by atoms with Crippen LogP contribution in [0.1, 0.15) is 50.1 Å². The van der Waals surface area contributed by atoms with E-state index in [9.17, 15) is 5.11 Å². The summed E-state index contributed by atoms with van der Waals surface area (Å²) in [5.74, 6) is 0.650. The molecule has 0 fully saturated rings. The molecule has 0 aliphatic rings. The quantitative estimate of drug-likeness (QED) is 0.873. The number of aliphatic hydroxyl groups excluding tert-OH is 1. The molecule has 1 unspecified atom stereocenters. The number of rotatable bonds is 6. The Labute approximate surface area is 121 Å². The Balaban J connectivity index is 2.16. The molecule has 0 radical (unpaired) electrons. The van der Waals surface area contributed by atoms with Crippen LogP contribution >= 0.6 is 0 Å². The largest absolute Gasteiger partial charge is 0.382 e. The summed E-state index contributed by atoms with van der Waals surface area (Å²) in [6.45, 7) is 7.38. The molecule has 20 heavy (non-hydrogen) atoms. The fraction of sp³-hybridized carbons (Fsp3) is 0.471. The highest BCUT2D eigenvalue weighted by atomic mass is 16.3. The predicted molar refractivity (Wildman–Crippen MR) is 81.6 cm³/mol. The van der Waals surface area contributed by atoms with Gasteiger partial charge in [0.1, 0.15) is 6.10 Å². The topological polar surface area (TPSA) is 38.0 Å². The van der Waals surface area contributed by atoms with E-state index in [2.05, 4.69) is 38.0 Å². The third-order valence-electron chi connectivity index (χ3n) is 3.40. The smallest absolute Gasteiger partial charge is 0.121 e. The summed E-state index contributed by atoms with van der Waals surface area (Å²) < 4.78 is 1.88. The van der Waals surface area contributed by atoms with Gasteiger partial charge in [0.15, 0.2) is 0 Å². The number of hydrogen-bond acceptors (Lipinski definition) is 2. The van der Waals surface area contributed by atoms with Crippen molar-refractivity contribution in [3.63, 3.8) is 0 Å². The van der Waals surface area contributed by atoms with Gasteiger partial charge in [0.2, 0.25) is 0 Å². The van der Waals surface area contributed by atoms with Gasteiger partial charge in [0.05, 0.1) is 5.69 Å². The highest BCUT2D eigenvalue weighted by Gasteiger charge is 2.15. The molecule has 108 valence electrons. The van der Waals surface area contributed by atoms with E-state index in [1.807, 2.05) is 22.9 Å². The van der Waals surface area contributed by atoms with E-state index >= 15 is 0 Å². The minimum absolute atomic E-state index is 0.600. The summed E-state index contributed by atoms with van der Waals surface area (Å²) in [4.78, 5) is 0. The van der Waals surface area contributed by atoms with E-state index in [1.54, 1.807) is 6.20 Å². The van der Waals surface area contributed by atoms with Crippen molar-refractivity contribution < 1.29 is 5.11 Å². The van der Waals surface area contributed by atoms with E-state index < -0.39 is 6.10 Å². The molecule has 0 bridgehead atoms. The van der Waals surface area contributed by atoms with Gasteiger partial charge in [-0.15, -0.1) is 0 Å². The second-order valence-corrected chi connectivity index (χ2v) is 5.72. The van der Waals surface area contributed by atoms with Crippen molar-refractivity contribution in [2.75, 3.05) is 0 Å². The molecular weight excluding hydrogens is 248 g/mol. The van der Waals surface area contributed by atoms with Crippen molar-refractivity contribution in [1.29, 1.82) is 0 Å². The molecule has 3 nitrogen and oxygen atoms in total. The first-order chi connectivity index (χ1) is 9.61. The van der Waals surface area contributed by atoms with Gasteiger partial charge in [-0.05, 0) is 36.0 Å². The van der Waals surface area contributed by atoms with Crippen LogP contribution < -0.4 is 0 Å². The van der Waals surface area contributed by atoms with Crippen molar-refractivity contribution in [3.8, 4) is 0 Å². The Bertz CT molecular complexity index is 528. The van der Waals surface area contributed by atoms with Crippen LogP contribution in [0, 0.1) is 5.92 Å². The monoisotopic (exact) mass is 272 g/mol. The van der Waals surface area contributed by atoms with E-state index in [4.69, 9.17) is 0 Å². The normalized spacial score (nSPS) is 12.8. The third-order valence-corrected chi connectivity index (χ3v) is 3.40. The number of hydrogen-bond donors (Lipinski definition) is 1. The first kappa shape index (κ1) is 14.8. The molecule has 0 aliphatic heterocycles. The maximum Gasteiger partial charge on any atom is 0.121 e. The van der Waals surface area contributed by atoms with Gasteiger partial charge in [-0.1, -0.05) is 45.0 Å². The average Bonchev–Trinajstić information content (AvgIpc) is 2.87. The van der Waals surface area contributed by atoms with E-state index in [-0.39, 0.29) is 0 Å². The lowest BCUT2D eigenvalue weighted by molar-refractivity contribution is 0.207. The highest BCUT2D eigenvalue weighted by molar-refractivity contribution is 5.29. The molecule has 0 spiro atoms. The van der Waals surface area contributed by atoms with Gasteiger partial charge in [-0.2, -0.15) is 5.10 Å². The molecule has 0 amide bonds. The molecular formula is C17H24N2O. The summed E-state index contributed by atoms with van der Waals surface area (Å²) in [7, 11) is 0. The first-order valence-electron chi connectivity index (χ1n) is 7.40. The van der Waals surface area contributed by atoms with Gasteiger partial charge in [0.25, 0.3) is 0 Å². The number of benzene rings is 1. The zero-order chi connectivity index (χ0) is 14.5. The summed E-state index contributed by atoms with van der Waals surface area (Å²) >= 11 is 0. The summed E-state index contributed by atoms with van der Waals surface area (Å²) in [5.41, 5.74) is 3.11. The Kier molecular flexibility index (Phi) is 4.96. The van der Waals surface area contributed by atoms with Crippen LogP contribution in [-0.4, -0.2) is 14.9 Å². The SMILES string of the molecule is CCCn1nccc1C(O)c1ccc(CC(C)C)cc1. The fourth-order valence-electron chi connectivity index (χ4n) is 2.45. The van der Waals surface area contributed by atoms with Crippen LogP contribution in [0.3, 0.4) is 0 Å². The highest BCUT2D eigenvalue weighted by Crippen LogP contribution is 2.22. The number of aryl methyl sites for hydroxylation is 1. The number of aromatic nitrogens is 2. The second kappa shape index (κ2) is 6.71. The van der Waals surface area contributed by atoms with Crippen molar-refractivity contribution >= 4 is 0 Å². The van der Waals surface area contributed by atoms with Crippen LogP contribution in [0.2, 0.25) is 0 Å². The molecule has 0 aliphatic carbocycles. The Morgan fingerprint density at radius 2 is 1.85 bits per heavy atom. The van der Waals surface area contributed by atoms with Crippen LogP contribution in [0.25, 0.3) is 0 Å². The molecule has 1 N–H and O–H groups in total. The van der Waals surface area contributed by atoms with Crippen molar-refractivity contribution in [1.82, 2.24) is 9.78 Å². The van der Waals surface area contributed by atoms with Gasteiger partial charge in [-0.25, -0.2) is 0 Å². The van der Waals surface area contributed by atoms with Crippen LogP contribution in [0.15, 0.2) is 36.5 Å². The maximum absolute atomic E-state index is 10.5. The predicted octanol–water partition coefficient (Wildman–Crippen LogP) is 3.57. The minimum atomic E-state index is -0.600. The van der Waals surface area contributed by atoms with Crippen LogP contribution in [0.4, 0.5) is 0 Å². The molecule has 1 heterocycles. The summed E-state index contributed by atoms with van der Waals surface area (Å²) in [6, 6.07) is 10.2. The molecule has 2 aromatic rings. The van der Waals surface area contributed by atoms with Crippen molar-refractivity contribution in [3.05, 3.63) is 53.3 Å². The molecule has 2 rings (SSSR count). The molecule has 1 aromatic heterocycles. The fourth-order valence-corrected chi connectivity index (χ4v) is 2.45. The molecule has 0 saturated carbocycles. The Morgan fingerprint density at radius 3 is 2.45 bits per heavy atom. The first-order valence-corrected chi connectivity index (χ1v) is 7.40. The van der Waals surface area contributed by atoms with E-state index in [0.29, 0.717) is 5.92 Å². The van der Waals surface area contributed by atoms with Gasteiger partial charge in [0, 0.05) is 12.7 Å². The Hall–Kier alpha value is -1.61. The minimum Gasteiger partial charge on any atom is -0.382 e. The molecule has 1 aromatic carbocycles. The average molecular weight is 272 g/mol. The molecule has 3 heteroatoms. The van der Waals surface area contributed by atoms with Gasteiger partial charge in [-0.3, -0.25) is 4.68 Å². The van der Waals surface area contributed by atoms with Crippen LogP contribution in [0.5, 0.6) is 0 Å². The standard InChI is InChI=1S/C17H24N2O/c1-4-11-19-16(9-10-18-19)17(20)15-7-5-14(6-8-15)12-13(2)3/h5-10,13,17,20H,4,11-12H2,1-3H3. The summed E-state index contributed by atoms with van der Waals surface area (Å²) in [5, 5.41) is 14.8. The number of nitrogens with zero attached hydrogens (tertiary/aromatic N) is 2. The third kappa shape index (κ3) is 3.48. The lowest BCUT2D eigenvalue weighted by Crippen LogP contribution is -2.10. The van der Waals surface area contributed by atoms with Crippen molar-refractivity contribution in [2.45, 2.75) is 46.3 Å². The molecule has 1 atom stereocenters. The van der Waals surface area contributed by atoms with E-state index in [1.165, 1.54) is 5.56 Å². The summed E-state index contributed by atoms with van der Waals surface area (Å²) in [6.07, 6.45) is 3.23. The zero-order valence-corrected chi connectivity index (χ0v) is 12.6. The van der Waals surface area contributed by atoms with Crippen LogP contribution in [-0.2, 0) is 13.0 Å². The van der Waals surface area contributed by atoms with Crippen molar-refractivity contribution in [2.24, 2.45) is 5.92 Å². The van der Waals surface area contributed by atoms with E-state index in [0.717, 1.165) is 30.6 Å². The maximum atomic E-state index is 10.5. The Morgan fingerprint density at radius 1 is 1.15 bits per heavy atom. The lowest BCUT2D eigenvalue weighted by atomic mass is 9.99. The lowest BCUT2D eigenvalue weighted by Gasteiger charge is -2.14. The molecule has 0 saturated heterocycles. The number of aliphatic hydroxyl groups is 1. The van der Waals surface area contributed by atoms with Gasteiger partial charge < -0.3 is 5.11 Å². The second-order valence-electron chi connectivity index (χ2n) is 5.72. The van der Waals surface area contributed by atoms with Gasteiger partial charge >= 0.3 is 0 Å².